The van der Waals surface area contributed by atoms with Crippen LogP contribution >= 0.6 is 12.6 Å². The van der Waals surface area contributed by atoms with Gasteiger partial charge in [0.25, 0.3) is 0 Å². The van der Waals surface area contributed by atoms with Crippen molar-refractivity contribution in [1.29, 1.82) is 0 Å². The highest BCUT2D eigenvalue weighted by Crippen LogP contribution is 1.97. The van der Waals surface area contributed by atoms with Gasteiger partial charge in [-0.15, -0.1) is 0 Å². The van der Waals surface area contributed by atoms with E-state index >= 15 is 0 Å². The van der Waals surface area contributed by atoms with E-state index in [1.807, 2.05) is 0 Å². The standard InChI is InChI=1S/C5H11NO2S/c1-6-3-4(9)2-5(7)8/h4,6,9H,2-3H2,1H3,(H,7,8). The van der Waals surface area contributed by atoms with Gasteiger partial charge in [0.15, 0.2) is 0 Å². The van der Waals surface area contributed by atoms with Crippen LogP contribution < -0.4 is 5.32 Å². The first-order valence-electron chi connectivity index (χ1n) is 2.71. The SMILES string of the molecule is CNCC(S)CC(=O)O. The lowest BCUT2D eigenvalue weighted by molar-refractivity contribution is -0.136. The monoisotopic (exact) mass is 149 g/mol. The molecule has 0 amide bonds. The Balaban J connectivity index is 3.26. The topological polar surface area (TPSA) is 49.3 Å². The van der Waals surface area contributed by atoms with Crippen LogP contribution in [0, 0.1) is 0 Å². The molecule has 0 saturated heterocycles. The summed E-state index contributed by atoms with van der Waals surface area (Å²) < 4.78 is 0. The number of hydrogen-bond donors (Lipinski definition) is 3. The van der Waals surface area contributed by atoms with E-state index < -0.39 is 5.97 Å². The van der Waals surface area contributed by atoms with Gasteiger partial charge in [-0.2, -0.15) is 12.6 Å². The number of nitrogens with one attached hydrogen (secondary N) is 1. The zero-order valence-corrected chi connectivity index (χ0v) is 6.19. The molecule has 2 N–H and O–H groups in total. The Hall–Kier alpha value is -0.220. The maximum absolute atomic E-state index is 10.0. The first-order valence-corrected chi connectivity index (χ1v) is 3.23. The molecule has 54 valence electrons. The summed E-state index contributed by atoms with van der Waals surface area (Å²) in [7, 11) is 1.77. The van der Waals surface area contributed by atoms with Crippen LogP contribution in [-0.4, -0.2) is 29.9 Å². The second-order valence-corrected chi connectivity index (χ2v) is 2.54. The van der Waals surface area contributed by atoms with Crippen LogP contribution in [0.5, 0.6) is 0 Å². The van der Waals surface area contributed by atoms with E-state index in [0.29, 0.717) is 6.54 Å². The molecular formula is C5H11NO2S. The lowest BCUT2D eigenvalue weighted by Crippen LogP contribution is -2.21. The summed E-state index contributed by atoms with van der Waals surface area (Å²) in [6.07, 6.45) is 0.115. The summed E-state index contributed by atoms with van der Waals surface area (Å²) in [6, 6.07) is 0. The fourth-order valence-electron chi connectivity index (χ4n) is 0.509. The molecule has 1 atom stereocenters. The van der Waals surface area contributed by atoms with Crippen LogP contribution in [0.25, 0.3) is 0 Å². The van der Waals surface area contributed by atoms with Crippen molar-refractivity contribution in [3.8, 4) is 0 Å². The van der Waals surface area contributed by atoms with Gasteiger partial charge in [0.05, 0.1) is 6.42 Å². The van der Waals surface area contributed by atoms with E-state index in [1.54, 1.807) is 7.05 Å². The van der Waals surface area contributed by atoms with Gasteiger partial charge in [-0.05, 0) is 7.05 Å². The van der Waals surface area contributed by atoms with Crippen molar-refractivity contribution >= 4 is 18.6 Å². The fraction of sp³-hybridized carbons (Fsp3) is 0.800. The molecule has 0 rings (SSSR count). The van der Waals surface area contributed by atoms with Gasteiger partial charge < -0.3 is 10.4 Å². The molecule has 0 bridgehead atoms. The van der Waals surface area contributed by atoms with Crippen LogP contribution in [0.1, 0.15) is 6.42 Å². The van der Waals surface area contributed by atoms with E-state index in [0.717, 1.165) is 0 Å². The second kappa shape index (κ2) is 4.64. The molecule has 0 saturated carbocycles. The van der Waals surface area contributed by atoms with Crippen molar-refractivity contribution in [2.24, 2.45) is 0 Å². The Bertz CT molecular complexity index is 97.0. The van der Waals surface area contributed by atoms with Crippen LogP contribution in [-0.2, 0) is 4.79 Å². The highest BCUT2D eigenvalue weighted by molar-refractivity contribution is 7.81. The van der Waals surface area contributed by atoms with Crippen LogP contribution in [0.3, 0.4) is 0 Å². The highest BCUT2D eigenvalue weighted by Gasteiger charge is 2.05. The lowest BCUT2D eigenvalue weighted by atomic mass is 10.3. The molecule has 1 unspecified atom stereocenters. The first-order chi connectivity index (χ1) is 4.16. The van der Waals surface area contributed by atoms with Crippen molar-refractivity contribution in [2.45, 2.75) is 11.7 Å². The summed E-state index contributed by atoms with van der Waals surface area (Å²) in [5.74, 6) is -0.801. The lowest BCUT2D eigenvalue weighted by Gasteiger charge is -2.04. The highest BCUT2D eigenvalue weighted by atomic mass is 32.1. The van der Waals surface area contributed by atoms with Crippen LogP contribution in [0.4, 0.5) is 0 Å². The number of aliphatic carboxylic acids is 1. The minimum Gasteiger partial charge on any atom is -0.481 e. The Morgan fingerprint density at radius 3 is 2.78 bits per heavy atom. The van der Waals surface area contributed by atoms with Crippen LogP contribution in [0.2, 0.25) is 0 Å². The number of rotatable bonds is 4. The minimum absolute atomic E-state index is 0.0764. The quantitative estimate of drug-likeness (QED) is 0.492. The maximum atomic E-state index is 10.0. The summed E-state index contributed by atoms with van der Waals surface area (Å²) >= 11 is 4.01. The molecule has 0 aliphatic heterocycles. The molecule has 0 aliphatic carbocycles. The third-order valence-electron chi connectivity index (χ3n) is 0.850. The zero-order valence-electron chi connectivity index (χ0n) is 5.29. The first kappa shape index (κ1) is 8.78. The third-order valence-corrected chi connectivity index (χ3v) is 1.22. The molecule has 0 aromatic rings. The van der Waals surface area contributed by atoms with Crippen molar-refractivity contribution < 1.29 is 9.90 Å². The Morgan fingerprint density at radius 1 is 1.89 bits per heavy atom. The van der Waals surface area contributed by atoms with Gasteiger partial charge in [-0.1, -0.05) is 0 Å². The van der Waals surface area contributed by atoms with E-state index in [2.05, 4.69) is 17.9 Å². The molecule has 0 spiro atoms. The summed E-state index contributed by atoms with van der Waals surface area (Å²) in [5, 5.41) is 11.0. The third kappa shape index (κ3) is 5.65. The molecule has 0 aliphatic rings. The van der Waals surface area contributed by atoms with Crippen molar-refractivity contribution in [2.75, 3.05) is 13.6 Å². The van der Waals surface area contributed by atoms with Crippen LogP contribution in [0.15, 0.2) is 0 Å². The molecule has 0 radical (unpaired) electrons. The Labute approximate surface area is 59.9 Å². The summed E-state index contributed by atoms with van der Waals surface area (Å²) in [5.41, 5.74) is 0. The molecule has 9 heavy (non-hydrogen) atoms. The summed E-state index contributed by atoms with van der Waals surface area (Å²) in [4.78, 5) is 10.0. The molecule has 0 aromatic heterocycles. The smallest absolute Gasteiger partial charge is 0.304 e. The van der Waals surface area contributed by atoms with Gasteiger partial charge in [-0.25, -0.2) is 0 Å². The average Bonchev–Trinajstić information content (AvgIpc) is 1.63. The molecule has 3 nitrogen and oxygen atoms in total. The maximum Gasteiger partial charge on any atom is 0.304 e. The number of thiol groups is 1. The average molecular weight is 149 g/mol. The molecule has 0 fully saturated rings. The number of carbonyl (C=O) groups is 1. The van der Waals surface area contributed by atoms with Gasteiger partial charge in [-0.3, -0.25) is 4.79 Å². The van der Waals surface area contributed by atoms with Gasteiger partial charge in [0, 0.05) is 11.8 Å². The van der Waals surface area contributed by atoms with Gasteiger partial charge in [0.1, 0.15) is 0 Å². The van der Waals surface area contributed by atoms with E-state index in [4.69, 9.17) is 5.11 Å². The van der Waals surface area contributed by atoms with Gasteiger partial charge >= 0.3 is 5.97 Å². The van der Waals surface area contributed by atoms with Crippen molar-refractivity contribution in [3.63, 3.8) is 0 Å². The zero-order chi connectivity index (χ0) is 7.28. The summed E-state index contributed by atoms with van der Waals surface area (Å²) in [6.45, 7) is 0.634. The normalized spacial score (nSPS) is 13.1. The van der Waals surface area contributed by atoms with E-state index in [-0.39, 0.29) is 11.7 Å². The largest absolute Gasteiger partial charge is 0.481 e. The fourth-order valence-corrected chi connectivity index (χ4v) is 0.848. The predicted octanol–water partition coefficient (Wildman–Crippen LogP) is -0.0211. The number of carboxylic acid groups (broad SMARTS) is 1. The van der Waals surface area contributed by atoms with E-state index in [9.17, 15) is 4.79 Å². The Kier molecular flexibility index (Phi) is 4.53. The minimum atomic E-state index is -0.801. The van der Waals surface area contributed by atoms with Crippen molar-refractivity contribution in [3.05, 3.63) is 0 Å². The van der Waals surface area contributed by atoms with Gasteiger partial charge in [0.2, 0.25) is 0 Å². The second-order valence-electron chi connectivity index (χ2n) is 1.81. The number of carboxylic acids is 1. The molecule has 0 aromatic carbocycles. The van der Waals surface area contributed by atoms with E-state index in [1.165, 1.54) is 0 Å². The molecule has 4 heteroatoms. The Morgan fingerprint density at radius 2 is 2.44 bits per heavy atom. The molecular weight excluding hydrogens is 138 g/mol. The molecule has 0 heterocycles. The predicted molar refractivity (Wildman–Crippen MR) is 39.0 cm³/mol. The van der Waals surface area contributed by atoms with Crippen molar-refractivity contribution in [1.82, 2.24) is 5.32 Å². The number of hydrogen-bond acceptors (Lipinski definition) is 3.